The van der Waals surface area contributed by atoms with Gasteiger partial charge in [-0.25, -0.2) is 4.98 Å². The third kappa shape index (κ3) is 1.85. The summed E-state index contributed by atoms with van der Waals surface area (Å²) in [6, 6.07) is 7.97. The second kappa shape index (κ2) is 3.92. The molecule has 0 atom stereocenters. The van der Waals surface area contributed by atoms with E-state index in [-0.39, 0.29) is 0 Å². The van der Waals surface area contributed by atoms with E-state index in [2.05, 4.69) is 26.0 Å². The number of benzene rings is 1. The van der Waals surface area contributed by atoms with Crippen molar-refractivity contribution in [3.63, 3.8) is 0 Å². The van der Waals surface area contributed by atoms with Crippen molar-refractivity contribution in [2.45, 2.75) is 13.5 Å². The highest BCUT2D eigenvalue weighted by atomic mass is 79.9. The standard InChI is InChI=1S/C10H10BrN3/c1-2-14-7-12-10(13-14)8-3-5-9(11)6-4-8/h3-7H,2H2,1H3. The van der Waals surface area contributed by atoms with Crippen LogP contribution in [0.3, 0.4) is 0 Å². The SMILES string of the molecule is CCn1cnc(-c2ccc(Br)cc2)n1. The lowest BCUT2D eigenvalue weighted by atomic mass is 10.2. The van der Waals surface area contributed by atoms with Crippen molar-refractivity contribution in [3.8, 4) is 11.4 Å². The third-order valence-corrected chi connectivity index (χ3v) is 2.49. The first kappa shape index (κ1) is 9.40. The van der Waals surface area contributed by atoms with Crippen LogP contribution in [0.15, 0.2) is 35.1 Å². The van der Waals surface area contributed by atoms with Crippen molar-refractivity contribution in [1.82, 2.24) is 14.8 Å². The van der Waals surface area contributed by atoms with E-state index in [1.807, 2.05) is 35.9 Å². The van der Waals surface area contributed by atoms with E-state index in [0.717, 1.165) is 22.4 Å². The highest BCUT2D eigenvalue weighted by molar-refractivity contribution is 9.10. The van der Waals surface area contributed by atoms with Crippen molar-refractivity contribution < 1.29 is 0 Å². The molecule has 1 heterocycles. The molecule has 72 valence electrons. The fraction of sp³-hybridized carbons (Fsp3) is 0.200. The van der Waals surface area contributed by atoms with Gasteiger partial charge in [0.25, 0.3) is 0 Å². The fourth-order valence-corrected chi connectivity index (χ4v) is 1.44. The molecule has 0 radical (unpaired) electrons. The van der Waals surface area contributed by atoms with Crippen molar-refractivity contribution in [1.29, 1.82) is 0 Å². The van der Waals surface area contributed by atoms with Gasteiger partial charge >= 0.3 is 0 Å². The van der Waals surface area contributed by atoms with Crippen LogP contribution < -0.4 is 0 Å². The zero-order valence-electron chi connectivity index (χ0n) is 7.81. The summed E-state index contributed by atoms with van der Waals surface area (Å²) in [5, 5.41) is 4.32. The molecule has 0 saturated heterocycles. The minimum atomic E-state index is 0.777. The minimum absolute atomic E-state index is 0.777. The maximum absolute atomic E-state index is 4.32. The molecule has 0 unspecified atom stereocenters. The Bertz CT molecular complexity index is 419. The highest BCUT2D eigenvalue weighted by Gasteiger charge is 2.02. The number of hydrogen-bond acceptors (Lipinski definition) is 2. The molecule has 2 rings (SSSR count). The van der Waals surface area contributed by atoms with Gasteiger partial charge in [-0.2, -0.15) is 5.10 Å². The van der Waals surface area contributed by atoms with Crippen LogP contribution in [-0.4, -0.2) is 14.8 Å². The van der Waals surface area contributed by atoms with Gasteiger partial charge in [0.15, 0.2) is 5.82 Å². The summed E-state index contributed by atoms with van der Waals surface area (Å²) in [7, 11) is 0. The predicted molar refractivity (Wildman–Crippen MR) is 58.8 cm³/mol. The van der Waals surface area contributed by atoms with E-state index in [1.54, 1.807) is 6.33 Å². The Labute approximate surface area is 90.9 Å². The Morgan fingerprint density at radius 2 is 2.00 bits per heavy atom. The van der Waals surface area contributed by atoms with E-state index in [9.17, 15) is 0 Å². The summed E-state index contributed by atoms with van der Waals surface area (Å²) in [6.45, 7) is 2.89. The molecule has 14 heavy (non-hydrogen) atoms. The van der Waals surface area contributed by atoms with Gasteiger partial charge in [0, 0.05) is 16.6 Å². The van der Waals surface area contributed by atoms with Crippen molar-refractivity contribution in [2.24, 2.45) is 0 Å². The zero-order valence-corrected chi connectivity index (χ0v) is 9.40. The van der Waals surface area contributed by atoms with Crippen LogP contribution in [-0.2, 0) is 6.54 Å². The van der Waals surface area contributed by atoms with Gasteiger partial charge in [-0.05, 0) is 19.1 Å². The normalized spacial score (nSPS) is 10.4. The maximum Gasteiger partial charge on any atom is 0.181 e. The number of halogens is 1. The third-order valence-electron chi connectivity index (χ3n) is 1.96. The van der Waals surface area contributed by atoms with Gasteiger partial charge < -0.3 is 0 Å². The van der Waals surface area contributed by atoms with Crippen LogP contribution >= 0.6 is 15.9 Å². The van der Waals surface area contributed by atoms with Gasteiger partial charge in [-0.3, -0.25) is 4.68 Å². The van der Waals surface area contributed by atoms with Crippen molar-refractivity contribution in [2.75, 3.05) is 0 Å². The molecule has 0 saturated carbocycles. The molecule has 1 aromatic heterocycles. The lowest BCUT2D eigenvalue weighted by Gasteiger charge is -1.95. The van der Waals surface area contributed by atoms with Crippen molar-refractivity contribution >= 4 is 15.9 Å². The number of nitrogens with zero attached hydrogens (tertiary/aromatic N) is 3. The Balaban J connectivity index is 2.34. The first-order chi connectivity index (χ1) is 6.79. The van der Waals surface area contributed by atoms with Gasteiger partial charge in [0.2, 0.25) is 0 Å². The molecule has 2 aromatic rings. The van der Waals surface area contributed by atoms with E-state index < -0.39 is 0 Å². The predicted octanol–water partition coefficient (Wildman–Crippen LogP) is 2.73. The molecule has 4 heteroatoms. The zero-order chi connectivity index (χ0) is 9.97. The fourth-order valence-electron chi connectivity index (χ4n) is 1.18. The Morgan fingerprint density at radius 3 is 2.57 bits per heavy atom. The lowest BCUT2D eigenvalue weighted by Crippen LogP contribution is -1.93. The molecule has 0 aliphatic heterocycles. The van der Waals surface area contributed by atoms with Crippen LogP contribution in [0.2, 0.25) is 0 Å². The quantitative estimate of drug-likeness (QED) is 0.822. The summed E-state index contributed by atoms with van der Waals surface area (Å²) in [5.74, 6) is 0.777. The molecule has 0 N–H and O–H groups in total. The second-order valence-corrected chi connectivity index (χ2v) is 3.85. The van der Waals surface area contributed by atoms with Crippen LogP contribution in [0, 0.1) is 0 Å². The summed E-state index contributed by atoms with van der Waals surface area (Å²) in [5.41, 5.74) is 1.04. The van der Waals surface area contributed by atoms with Crippen LogP contribution in [0.25, 0.3) is 11.4 Å². The van der Waals surface area contributed by atoms with Gasteiger partial charge in [-0.15, -0.1) is 0 Å². The lowest BCUT2D eigenvalue weighted by molar-refractivity contribution is 0.659. The summed E-state index contributed by atoms with van der Waals surface area (Å²) in [6.07, 6.45) is 1.75. The van der Waals surface area contributed by atoms with E-state index in [4.69, 9.17) is 0 Å². The molecular formula is C10H10BrN3. The molecule has 0 bridgehead atoms. The molecule has 0 spiro atoms. The number of hydrogen-bond donors (Lipinski definition) is 0. The van der Waals surface area contributed by atoms with Gasteiger partial charge in [0.1, 0.15) is 6.33 Å². The van der Waals surface area contributed by atoms with Crippen LogP contribution in [0.5, 0.6) is 0 Å². The largest absolute Gasteiger partial charge is 0.253 e. The second-order valence-electron chi connectivity index (χ2n) is 2.93. The monoisotopic (exact) mass is 251 g/mol. The number of aromatic nitrogens is 3. The Morgan fingerprint density at radius 1 is 1.29 bits per heavy atom. The average Bonchev–Trinajstić information content (AvgIpc) is 2.67. The molecule has 1 aromatic carbocycles. The van der Waals surface area contributed by atoms with Gasteiger partial charge in [0.05, 0.1) is 0 Å². The smallest absolute Gasteiger partial charge is 0.181 e. The number of aryl methyl sites for hydroxylation is 1. The molecule has 0 fully saturated rings. The van der Waals surface area contributed by atoms with Crippen molar-refractivity contribution in [3.05, 3.63) is 35.1 Å². The summed E-state index contributed by atoms with van der Waals surface area (Å²) < 4.78 is 2.88. The van der Waals surface area contributed by atoms with E-state index in [0.29, 0.717) is 0 Å². The number of rotatable bonds is 2. The van der Waals surface area contributed by atoms with Crippen LogP contribution in [0.1, 0.15) is 6.92 Å². The first-order valence-corrected chi connectivity index (χ1v) is 5.24. The minimum Gasteiger partial charge on any atom is -0.253 e. The molecule has 0 aliphatic carbocycles. The Kier molecular flexibility index (Phi) is 2.63. The first-order valence-electron chi connectivity index (χ1n) is 4.45. The van der Waals surface area contributed by atoms with E-state index in [1.165, 1.54) is 0 Å². The van der Waals surface area contributed by atoms with Crippen LogP contribution in [0.4, 0.5) is 0 Å². The highest BCUT2D eigenvalue weighted by Crippen LogP contribution is 2.17. The Hall–Kier alpha value is -1.16. The average molecular weight is 252 g/mol. The molecule has 0 aliphatic rings. The van der Waals surface area contributed by atoms with E-state index >= 15 is 0 Å². The summed E-state index contributed by atoms with van der Waals surface area (Å²) in [4.78, 5) is 4.22. The topological polar surface area (TPSA) is 30.7 Å². The molecule has 0 amide bonds. The molecule has 3 nitrogen and oxygen atoms in total. The summed E-state index contributed by atoms with van der Waals surface area (Å²) >= 11 is 3.39. The molecular weight excluding hydrogens is 242 g/mol. The van der Waals surface area contributed by atoms with Gasteiger partial charge in [-0.1, -0.05) is 28.1 Å². The maximum atomic E-state index is 4.32.